The summed E-state index contributed by atoms with van der Waals surface area (Å²) in [5.41, 5.74) is 7.42. The van der Waals surface area contributed by atoms with E-state index in [9.17, 15) is 9.59 Å². The lowest BCUT2D eigenvalue weighted by Crippen LogP contribution is -2.38. The van der Waals surface area contributed by atoms with Crippen LogP contribution in [0.4, 0.5) is 0 Å². The summed E-state index contributed by atoms with van der Waals surface area (Å²) in [7, 11) is 0. The van der Waals surface area contributed by atoms with Crippen molar-refractivity contribution in [2.75, 3.05) is 6.54 Å². The van der Waals surface area contributed by atoms with Gasteiger partial charge >= 0.3 is 0 Å². The predicted octanol–water partition coefficient (Wildman–Crippen LogP) is 2.01. The molecule has 0 bridgehead atoms. The number of para-hydroxylation sites is 1. The lowest BCUT2D eigenvalue weighted by atomic mass is 9.92. The average Bonchev–Trinajstić information content (AvgIpc) is 2.54. The van der Waals surface area contributed by atoms with Crippen molar-refractivity contribution in [2.45, 2.75) is 6.42 Å². The van der Waals surface area contributed by atoms with E-state index in [-0.39, 0.29) is 18.1 Å². The second-order valence-corrected chi connectivity index (χ2v) is 4.95. The van der Waals surface area contributed by atoms with Gasteiger partial charge in [-0.3, -0.25) is 15.0 Å². The van der Waals surface area contributed by atoms with E-state index in [4.69, 9.17) is 0 Å². The van der Waals surface area contributed by atoms with Crippen molar-refractivity contribution < 1.29 is 9.59 Å². The van der Waals surface area contributed by atoms with E-state index in [2.05, 4.69) is 22.4 Å². The molecule has 22 heavy (non-hydrogen) atoms. The zero-order valence-corrected chi connectivity index (χ0v) is 11.9. The summed E-state index contributed by atoms with van der Waals surface area (Å²) >= 11 is 0. The third kappa shape index (κ3) is 2.54. The minimum atomic E-state index is -0.307. The van der Waals surface area contributed by atoms with E-state index in [1.807, 2.05) is 24.3 Å². The van der Waals surface area contributed by atoms with Crippen molar-refractivity contribution >= 4 is 28.2 Å². The topological polar surface area (TPSA) is 71.1 Å². The molecule has 2 aromatic rings. The van der Waals surface area contributed by atoms with Crippen LogP contribution in [0.1, 0.15) is 22.5 Å². The first-order chi connectivity index (χ1) is 10.7. The van der Waals surface area contributed by atoms with Crippen molar-refractivity contribution in [1.82, 2.24) is 15.8 Å². The number of hydrogen-bond acceptors (Lipinski definition) is 4. The lowest BCUT2D eigenvalue weighted by Gasteiger charge is -2.16. The quantitative estimate of drug-likeness (QED) is 0.514. The molecule has 0 atom stereocenters. The van der Waals surface area contributed by atoms with Crippen LogP contribution in [0.15, 0.2) is 49.1 Å². The maximum atomic E-state index is 12.3. The van der Waals surface area contributed by atoms with E-state index >= 15 is 0 Å². The molecule has 0 unspecified atom stereocenters. The average molecular weight is 293 g/mol. The Kier molecular flexibility index (Phi) is 3.80. The van der Waals surface area contributed by atoms with Gasteiger partial charge in [0.2, 0.25) is 0 Å². The summed E-state index contributed by atoms with van der Waals surface area (Å²) in [4.78, 5) is 28.9. The molecule has 0 aliphatic heterocycles. The van der Waals surface area contributed by atoms with Crippen molar-refractivity contribution in [3.8, 4) is 0 Å². The normalized spacial score (nSPS) is 13.5. The van der Waals surface area contributed by atoms with Crippen molar-refractivity contribution in [2.24, 2.45) is 0 Å². The molecule has 1 heterocycles. The molecule has 0 radical (unpaired) electrons. The Bertz CT molecular complexity index is 809. The molecule has 1 amide bonds. The third-order valence-corrected chi connectivity index (χ3v) is 3.46. The van der Waals surface area contributed by atoms with Gasteiger partial charge in [-0.15, -0.1) is 6.58 Å². The van der Waals surface area contributed by atoms with Crippen LogP contribution >= 0.6 is 0 Å². The highest BCUT2D eigenvalue weighted by Gasteiger charge is 2.25. The highest BCUT2D eigenvalue weighted by atomic mass is 16.2. The fraction of sp³-hybridized carbons (Fsp3) is 0.118. The summed E-state index contributed by atoms with van der Waals surface area (Å²) in [6.07, 6.45) is 3.47. The first kappa shape index (κ1) is 14.2. The molecule has 1 aliphatic rings. The van der Waals surface area contributed by atoms with E-state index < -0.39 is 0 Å². The van der Waals surface area contributed by atoms with Crippen molar-refractivity contribution in [3.05, 3.63) is 60.3 Å². The largest absolute Gasteiger partial charge is 0.294 e. The highest BCUT2D eigenvalue weighted by Crippen LogP contribution is 2.28. The zero-order chi connectivity index (χ0) is 15.5. The maximum absolute atomic E-state index is 12.3. The van der Waals surface area contributed by atoms with Gasteiger partial charge in [0.1, 0.15) is 0 Å². The zero-order valence-electron chi connectivity index (χ0n) is 11.9. The third-order valence-electron chi connectivity index (χ3n) is 3.46. The predicted molar refractivity (Wildman–Crippen MR) is 85.0 cm³/mol. The molecular formula is C17H15N3O2. The second kappa shape index (κ2) is 5.91. The van der Waals surface area contributed by atoms with Gasteiger partial charge in [-0.05, 0) is 12.1 Å². The minimum Gasteiger partial charge on any atom is -0.294 e. The Labute approximate surface area is 127 Å². The molecular weight excluding hydrogens is 278 g/mol. The number of hydrogen-bond donors (Lipinski definition) is 2. The maximum Gasteiger partial charge on any atom is 0.267 e. The second-order valence-electron chi connectivity index (χ2n) is 4.95. The number of nitrogens with zero attached hydrogens (tertiary/aromatic N) is 1. The van der Waals surface area contributed by atoms with Gasteiger partial charge in [-0.25, -0.2) is 10.4 Å². The fourth-order valence-corrected chi connectivity index (χ4v) is 2.41. The molecule has 2 N–H and O–H groups in total. The number of rotatable bonds is 4. The van der Waals surface area contributed by atoms with Gasteiger partial charge in [0.25, 0.3) is 5.91 Å². The van der Waals surface area contributed by atoms with Crippen LogP contribution < -0.4 is 10.9 Å². The molecule has 0 saturated carbocycles. The van der Waals surface area contributed by atoms with Gasteiger partial charge in [0.15, 0.2) is 5.78 Å². The number of pyridine rings is 1. The van der Waals surface area contributed by atoms with Crippen LogP contribution in [-0.2, 0) is 4.79 Å². The smallest absolute Gasteiger partial charge is 0.267 e. The van der Waals surface area contributed by atoms with E-state index in [1.165, 1.54) is 0 Å². The fourth-order valence-electron chi connectivity index (χ4n) is 2.41. The molecule has 5 heteroatoms. The summed E-state index contributed by atoms with van der Waals surface area (Å²) in [6.45, 7) is 4.02. The Balaban J connectivity index is 2.02. The summed E-state index contributed by atoms with van der Waals surface area (Å²) in [6, 6.07) is 9.34. The van der Waals surface area contributed by atoms with E-state index in [0.29, 0.717) is 23.4 Å². The van der Waals surface area contributed by atoms with Crippen LogP contribution in [0.3, 0.4) is 0 Å². The van der Waals surface area contributed by atoms with Gasteiger partial charge in [0.05, 0.1) is 16.8 Å². The molecule has 1 aromatic carbocycles. The van der Waals surface area contributed by atoms with Gasteiger partial charge in [-0.2, -0.15) is 0 Å². The first-order valence-electron chi connectivity index (χ1n) is 6.98. The summed E-state index contributed by atoms with van der Waals surface area (Å²) in [5.74, 6) is -0.331. The molecule has 0 spiro atoms. The van der Waals surface area contributed by atoms with Crippen molar-refractivity contribution in [3.63, 3.8) is 0 Å². The molecule has 1 aromatic heterocycles. The monoisotopic (exact) mass is 293 g/mol. The highest BCUT2D eigenvalue weighted by molar-refractivity contribution is 6.24. The number of fused-ring (bicyclic) bond motifs is 2. The Morgan fingerprint density at radius 3 is 3.00 bits per heavy atom. The van der Waals surface area contributed by atoms with Crippen LogP contribution in [0.2, 0.25) is 0 Å². The van der Waals surface area contributed by atoms with Gasteiger partial charge in [-0.1, -0.05) is 30.4 Å². The molecule has 110 valence electrons. The summed E-state index contributed by atoms with van der Waals surface area (Å²) in [5, 5.41) is 0.890. The molecule has 0 saturated heterocycles. The lowest BCUT2D eigenvalue weighted by molar-refractivity contribution is -0.116. The molecule has 0 fully saturated rings. The molecule has 1 aliphatic carbocycles. The first-order valence-corrected chi connectivity index (χ1v) is 6.98. The Morgan fingerprint density at radius 2 is 2.18 bits per heavy atom. The number of hydrazine groups is 1. The Morgan fingerprint density at radius 1 is 1.36 bits per heavy atom. The number of ketones is 1. The number of carbonyl (C=O) groups excluding carboxylic acids is 2. The van der Waals surface area contributed by atoms with Gasteiger partial charge < -0.3 is 0 Å². The number of aromatic nitrogens is 1. The Hall–Kier alpha value is -2.79. The van der Waals surface area contributed by atoms with Crippen LogP contribution in [0.5, 0.6) is 0 Å². The number of benzene rings is 1. The number of allylic oxidation sites excluding steroid dienone is 1. The van der Waals surface area contributed by atoms with Crippen molar-refractivity contribution in [1.29, 1.82) is 0 Å². The number of Topliss-reactive ketones (excluding diaryl/α,β-unsaturated/α-hetero) is 1. The van der Waals surface area contributed by atoms with Gasteiger partial charge in [0, 0.05) is 23.9 Å². The number of carbonyl (C=O) groups is 2. The van der Waals surface area contributed by atoms with E-state index in [0.717, 1.165) is 10.9 Å². The minimum absolute atomic E-state index is 0.0242. The number of amides is 1. The van der Waals surface area contributed by atoms with Crippen LogP contribution in [0, 0.1) is 0 Å². The standard InChI is InChI=1S/C17H15N3O2/c1-2-9-18-20-17(22)12-7-8-15(21)13-10-11-5-3-4-6-14(11)19-16(12)13/h2-7,10,18H,1,8-9H2,(H,20,22). The molecule has 5 nitrogen and oxygen atoms in total. The number of nitrogens with one attached hydrogen (secondary N) is 2. The molecule has 3 rings (SSSR count). The van der Waals surface area contributed by atoms with E-state index in [1.54, 1.807) is 18.2 Å². The SMILES string of the molecule is C=CCNNC(=O)C1=CCC(=O)c2cc3ccccc3nc21. The van der Waals surface area contributed by atoms with Crippen LogP contribution in [0.25, 0.3) is 16.5 Å². The van der Waals surface area contributed by atoms with Crippen LogP contribution in [-0.4, -0.2) is 23.2 Å². The summed E-state index contributed by atoms with van der Waals surface area (Å²) < 4.78 is 0.